The van der Waals surface area contributed by atoms with E-state index in [9.17, 15) is 4.39 Å². The number of halogens is 2. The number of anilines is 2. The van der Waals surface area contributed by atoms with E-state index in [0.29, 0.717) is 28.4 Å². The van der Waals surface area contributed by atoms with Crippen molar-refractivity contribution in [2.24, 2.45) is 0 Å². The number of aromatic nitrogens is 7. The molecule has 0 bridgehead atoms. The van der Waals surface area contributed by atoms with Gasteiger partial charge in [0, 0.05) is 23.5 Å². The highest BCUT2D eigenvalue weighted by Crippen LogP contribution is 2.27. The number of fused-ring (bicyclic) bond motifs is 1. The predicted octanol–water partition coefficient (Wildman–Crippen LogP) is 3.40. The van der Waals surface area contributed by atoms with E-state index in [1.54, 1.807) is 25.3 Å². The molecule has 0 radical (unpaired) electrons. The zero-order chi connectivity index (χ0) is 18.3. The van der Waals surface area contributed by atoms with Crippen LogP contribution in [0.25, 0.3) is 11.2 Å². The highest BCUT2D eigenvalue weighted by atomic mass is 35.5. The minimum Gasteiger partial charge on any atom is -0.322 e. The number of hydrogen-bond donors (Lipinski definition) is 2. The molecule has 1 atom stereocenters. The molecule has 0 aliphatic heterocycles. The van der Waals surface area contributed by atoms with Crippen LogP contribution < -0.4 is 5.32 Å². The summed E-state index contributed by atoms with van der Waals surface area (Å²) in [5.74, 6) is 0.523. The summed E-state index contributed by atoms with van der Waals surface area (Å²) >= 11 is 6.18. The van der Waals surface area contributed by atoms with Crippen LogP contribution in [-0.2, 0) is 0 Å². The molecule has 0 amide bonds. The quantitative estimate of drug-likeness (QED) is 0.533. The number of aryl methyl sites for hydroxylation is 1. The monoisotopic (exact) mass is 372 g/mol. The van der Waals surface area contributed by atoms with Gasteiger partial charge in [0.15, 0.2) is 22.4 Å². The molecule has 4 rings (SSSR count). The normalized spacial score (nSPS) is 12.5. The molecule has 10 heteroatoms. The van der Waals surface area contributed by atoms with Crippen molar-refractivity contribution < 1.29 is 4.39 Å². The molecule has 4 aromatic heterocycles. The van der Waals surface area contributed by atoms with E-state index in [2.05, 4.69) is 35.6 Å². The lowest BCUT2D eigenvalue weighted by atomic mass is 10.1. The van der Waals surface area contributed by atoms with E-state index >= 15 is 0 Å². The summed E-state index contributed by atoms with van der Waals surface area (Å²) in [7, 11) is 0. The van der Waals surface area contributed by atoms with Gasteiger partial charge in [-0.1, -0.05) is 17.7 Å². The molecular formula is C16H14ClFN8. The summed E-state index contributed by atoms with van der Waals surface area (Å²) < 4.78 is 15.6. The fraction of sp³-hybridized carbons (Fsp3) is 0.188. The molecule has 4 heterocycles. The van der Waals surface area contributed by atoms with E-state index in [0.717, 1.165) is 5.69 Å². The van der Waals surface area contributed by atoms with Crippen LogP contribution in [0.1, 0.15) is 24.2 Å². The zero-order valence-corrected chi connectivity index (χ0v) is 14.7. The van der Waals surface area contributed by atoms with Gasteiger partial charge in [0.2, 0.25) is 5.95 Å². The maximum absolute atomic E-state index is 14.1. The van der Waals surface area contributed by atoms with Crippen LogP contribution in [0.4, 0.5) is 16.0 Å². The van der Waals surface area contributed by atoms with Gasteiger partial charge in [-0.25, -0.2) is 19.6 Å². The standard InChI is InChI=1S/C16H14ClFN8/c1-8-6-11(24-23-8)21-12-7-20-13-14(17)25-26(16(13)22-12)9(2)10-4-3-5-19-15(10)18/h3-7,9H,1-2H3,(H2,21,22,23,24)/t9-/m0/s1. The molecule has 132 valence electrons. The number of nitrogens with one attached hydrogen (secondary N) is 2. The second-order valence-corrected chi connectivity index (χ2v) is 6.14. The first-order valence-electron chi connectivity index (χ1n) is 7.83. The molecule has 0 aromatic carbocycles. The van der Waals surface area contributed by atoms with Gasteiger partial charge < -0.3 is 5.32 Å². The third-order valence-corrected chi connectivity index (χ3v) is 4.18. The van der Waals surface area contributed by atoms with Gasteiger partial charge in [-0.15, -0.1) is 0 Å². The van der Waals surface area contributed by atoms with Crippen molar-refractivity contribution in [1.29, 1.82) is 0 Å². The predicted molar refractivity (Wildman–Crippen MR) is 94.9 cm³/mol. The molecule has 0 saturated carbocycles. The summed E-state index contributed by atoms with van der Waals surface area (Å²) in [6, 6.07) is 4.69. The lowest BCUT2D eigenvalue weighted by molar-refractivity contribution is 0.508. The van der Waals surface area contributed by atoms with Gasteiger partial charge in [-0.05, 0) is 19.9 Å². The van der Waals surface area contributed by atoms with Gasteiger partial charge >= 0.3 is 0 Å². The Morgan fingerprint density at radius 2 is 2.15 bits per heavy atom. The van der Waals surface area contributed by atoms with Crippen molar-refractivity contribution in [2.45, 2.75) is 19.9 Å². The van der Waals surface area contributed by atoms with Crippen molar-refractivity contribution in [3.63, 3.8) is 0 Å². The average Bonchev–Trinajstić information content (AvgIpc) is 3.18. The first-order valence-corrected chi connectivity index (χ1v) is 8.21. The second kappa shape index (κ2) is 6.34. The van der Waals surface area contributed by atoms with E-state index in [1.165, 1.54) is 10.9 Å². The Bertz CT molecular complexity index is 1090. The average molecular weight is 373 g/mol. The Hall–Kier alpha value is -3.07. The molecule has 8 nitrogen and oxygen atoms in total. The van der Waals surface area contributed by atoms with Crippen molar-refractivity contribution in [1.82, 2.24) is 34.9 Å². The Labute approximate surface area is 152 Å². The van der Waals surface area contributed by atoms with Crippen LogP contribution in [-0.4, -0.2) is 34.9 Å². The molecule has 0 saturated heterocycles. The molecule has 0 unspecified atom stereocenters. The lowest BCUT2D eigenvalue weighted by Gasteiger charge is -2.13. The summed E-state index contributed by atoms with van der Waals surface area (Å²) in [6.45, 7) is 3.69. The van der Waals surface area contributed by atoms with Crippen molar-refractivity contribution in [2.75, 3.05) is 5.32 Å². The third-order valence-electron chi connectivity index (χ3n) is 3.93. The van der Waals surface area contributed by atoms with Crippen LogP contribution >= 0.6 is 11.6 Å². The van der Waals surface area contributed by atoms with Gasteiger partial charge in [0.1, 0.15) is 5.52 Å². The topological polar surface area (TPSA) is 97.2 Å². The summed E-state index contributed by atoms with van der Waals surface area (Å²) in [5.41, 5.74) is 2.17. The smallest absolute Gasteiger partial charge is 0.218 e. The number of H-pyrrole nitrogens is 1. The molecule has 26 heavy (non-hydrogen) atoms. The highest BCUT2D eigenvalue weighted by Gasteiger charge is 2.21. The zero-order valence-electron chi connectivity index (χ0n) is 13.9. The third kappa shape index (κ3) is 2.86. The van der Waals surface area contributed by atoms with Crippen molar-refractivity contribution >= 4 is 34.4 Å². The summed E-state index contributed by atoms with van der Waals surface area (Å²) in [4.78, 5) is 12.5. The van der Waals surface area contributed by atoms with Crippen LogP contribution in [0.2, 0.25) is 5.15 Å². The number of nitrogens with zero attached hydrogens (tertiary/aromatic N) is 6. The first kappa shape index (κ1) is 16.4. The SMILES string of the molecule is Cc1cc(Nc2cnc3c(Cl)nn([C@@H](C)c4cccnc4F)c3n2)n[nH]1. The Morgan fingerprint density at radius 1 is 1.31 bits per heavy atom. The number of pyridine rings is 1. The van der Waals surface area contributed by atoms with Crippen molar-refractivity contribution in [3.05, 3.63) is 53.0 Å². The van der Waals surface area contributed by atoms with E-state index in [1.807, 2.05) is 13.0 Å². The molecule has 4 aromatic rings. The second-order valence-electron chi connectivity index (χ2n) is 5.78. The van der Waals surface area contributed by atoms with E-state index < -0.39 is 12.0 Å². The molecular weight excluding hydrogens is 359 g/mol. The van der Waals surface area contributed by atoms with E-state index in [-0.39, 0.29) is 5.15 Å². The molecule has 2 N–H and O–H groups in total. The maximum Gasteiger partial charge on any atom is 0.218 e. The fourth-order valence-corrected chi connectivity index (χ4v) is 2.87. The molecule has 0 fully saturated rings. The maximum atomic E-state index is 14.1. The number of rotatable bonds is 4. The van der Waals surface area contributed by atoms with Gasteiger partial charge in [-0.3, -0.25) is 5.10 Å². The molecule has 0 aliphatic rings. The molecule has 0 aliphatic carbocycles. The first-order chi connectivity index (χ1) is 12.5. The minimum atomic E-state index is -0.561. The van der Waals surface area contributed by atoms with Crippen molar-refractivity contribution in [3.8, 4) is 0 Å². The fourth-order valence-electron chi connectivity index (χ4n) is 2.66. The number of hydrogen-bond acceptors (Lipinski definition) is 6. The van der Waals surface area contributed by atoms with Crippen LogP contribution in [0.5, 0.6) is 0 Å². The Morgan fingerprint density at radius 3 is 2.88 bits per heavy atom. The Balaban J connectivity index is 1.77. The van der Waals surface area contributed by atoms with E-state index in [4.69, 9.17) is 11.6 Å². The minimum absolute atomic E-state index is 0.200. The summed E-state index contributed by atoms with van der Waals surface area (Å²) in [5, 5.41) is 14.5. The lowest BCUT2D eigenvalue weighted by Crippen LogP contribution is -2.12. The largest absolute Gasteiger partial charge is 0.322 e. The van der Waals surface area contributed by atoms with Gasteiger partial charge in [-0.2, -0.15) is 14.6 Å². The Kier molecular flexibility index (Phi) is 4.00. The van der Waals surface area contributed by atoms with Gasteiger partial charge in [0.05, 0.1) is 12.2 Å². The molecule has 0 spiro atoms. The van der Waals surface area contributed by atoms with Gasteiger partial charge in [0.25, 0.3) is 0 Å². The van der Waals surface area contributed by atoms with Crippen LogP contribution in [0.15, 0.2) is 30.6 Å². The van der Waals surface area contributed by atoms with Crippen LogP contribution in [0.3, 0.4) is 0 Å². The highest BCUT2D eigenvalue weighted by molar-refractivity contribution is 6.33. The number of aromatic amines is 1. The summed E-state index contributed by atoms with van der Waals surface area (Å²) in [6.07, 6.45) is 2.94. The van der Waals surface area contributed by atoms with Crippen LogP contribution in [0, 0.1) is 12.9 Å².